The van der Waals surface area contributed by atoms with Crippen molar-refractivity contribution in [2.24, 2.45) is 5.92 Å². The third-order valence-electron chi connectivity index (χ3n) is 5.13. The van der Waals surface area contributed by atoms with Crippen molar-refractivity contribution < 1.29 is 35.9 Å². The normalized spacial score (nSPS) is 14.0. The number of hydrogen-bond acceptors (Lipinski definition) is 3. The predicted molar refractivity (Wildman–Crippen MR) is 135 cm³/mol. The van der Waals surface area contributed by atoms with Crippen LogP contribution in [0.4, 0.5) is 26.3 Å². The SMILES string of the molecule is CSc1cc(/C=C/C(c2cc(Cl)c(Cl)c(Cl)c2)C(F)(F)F)ccc1C(=O)CC(C)C(=O)NCC(F)(F)F. The number of alkyl halides is 6. The molecule has 202 valence electrons. The summed E-state index contributed by atoms with van der Waals surface area (Å²) in [5, 5.41) is 1.42. The van der Waals surface area contributed by atoms with Gasteiger partial charge >= 0.3 is 12.4 Å². The van der Waals surface area contributed by atoms with Crippen LogP contribution < -0.4 is 5.32 Å². The lowest BCUT2D eigenvalue weighted by atomic mass is 9.96. The van der Waals surface area contributed by atoms with Crippen LogP contribution >= 0.6 is 46.6 Å². The van der Waals surface area contributed by atoms with Crippen molar-refractivity contribution in [3.63, 3.8) is 0 Å². The minimum absolute atomic E-state index is 0.0611. The highest BCUT2D eigenvalue weighted by Gasteiger charge is 2.39. The first-order valence-corrected chi connectivity index (χ1v) is 12.8. The molecule has 13 heteroatoms. The molecule has 1 amide bonds. The number of benzene rings is 2. The van der Waals surface area contributed by atoms with Crippen molar-refractivity contribution in [3.8, 4) is 0 Å². The van der Waals surface area contributed by atoms with E-state index in [0.717, 1.165) is 30.0 Å². The maximum absolute atomic E-state index is 13.8. The number of ketones is 1. The molecule has 0 bridgehead atoms. The highest BCUT2D eigenvalue weighted by atomic mass is 35.5. The van der Waals surface area contributed by atoms with Gasteiger partial charge in [-0.25, -0.2) is 0 Å². The Hall–Kier alpha value is -1.88. The van der Waals surface area contributed by atoms with Crippen LogP contribution in [0.1, 0.15) is 40.7 Å². The van der Waals surface area contributed by atoms with Gasteiger partial charge < -0.3 is 5.32 Å². The van der Waals surface area contributed by atoms with Gasteiger partial charge in [0.2, 0.25) is 5.91 Å². The second-order valence-electron chi connectivity index (χ2n) is 8.00. The molecule has 0 spiro atoms. The van der Waals surface area contributed by atoms with Crippen molar-refractivity contribution in [3.05, 3.63) is 68.2 Å². The Morgan fingerprint density at radius 3 is 2.14 bits per heavy atom. The van der Waals surface area contributed by atoms with E-state index in [1.165, 1.54) is 31.2 Å². The number of thioether (sulfide) groups is 1. The van der Waals surface area contributed by atoms with Gasteiger partial charge in [-0.3, -0.25) is 9.59 Å². The van der Waals surface area contributed by atoms with E-state index in [4.69, 9.17) is 34.8 Å². The Balaban J connectivity index is 2.25. The molecule has 0 heterocycles. The Kier molecular flexibility index (Phi) is 10.8. The molecule has 1 N–H and O–H groups in total. The Morgan fingerprint density at radius 2 is 1.62 bits per heavy atom. The highest BCUT2D eigenvalue weighted by Crippen LogP contribution is 2.41. The number of halogens is 9. The van der Waals surface area contributed by atoms with E-state index in [9.17, 15) is 35.9 Å². The molecule has 0 saturated carbocycles. The van der Waals surface area contributed by atoms with Crippen LogP contribution in [0.2, 0.25) is 15.1 Å². The first-order valence-electron chi connectivity index (χ1n) is 10.5. The minimum atomic E-state index is -4.67. The standard InChI is InChI=1S/C24H20Cl3F6NO2S/c1-12(22(36)34-11-23(28,29)30)7-19(35)15-5-3-13(8-20(15)37-2)4-6-16(24(31,32)33)14-9-17(25)21(27)18(26)10-14/h3-6,8-10,12,16H,7,11H2,1-2H3,(H,34,36)/b6-4+. The number of allylic oxidation sites excluding steroid dienone is 1. The lowest BCUT2D eigenvalue weighted by Crippen LogP contribution is -2.37. The van der Waals surface area contributed by atoms with Crippen LogP contribution in [0.15, 0.2) is 41.3 Å². The fourth-order valence-electron chi connectivity index (χ4n) is 3.26. The van der Waals surface area contributed by atoms with Crippen LogP contribution in [-0.4, -0.2) is 36.8 Å². The first kappa shape index (κ1) is 31.3. The van der Waals surface area contributed by atoms with Crippen LogP contribution in [0.25, 0.3) is 6.08 Å². The quantitative estimate of drug-likeness (QED) is 0.135. The number of nitrogens with one attached hydrogen (secondary N) is 1. The molecule has 2 aromatic rings. The van der Waals surface area contributed by atoms with E-state index in [0.29, 0.717) is 10.5 Å². The molecule has 3 nitrogen and oxygen atoms in total. The highest BCUT2D eigenvalue weighted by molar-refractivity contribution is 7.98. The van der Waals surface area contributed by atoms with Gasteiger partial charge in [-0.15, -0.1) is 11.8 Å². The van der Waals surface area contributed by atoms with Crippen LogP contribution in [-0.2, 0) is 4.79 Å². The Bertz CT molecular complexity index is 1160. The van der Waals surface area contributed by atoms with E-state index in [-0.39, 0.29) is 32.6 Å². The number of carbonyl (C=O) groups excluding carboxylic acids is 2. The summed E-state index contributed by atoms with van der Waals surface area (Å²) in [5.74, 6) is -4.48. The number of Topliss-reactive ketones (excluding diaryl/α,β-unsaturated/α-hetero) is 1. The molecule has 2 unspecified atom stereocenters. The van der Waals surface area contributed by atoms with Gasteiger partial charge in [0, 0.05) is 22.8 Å². The predicted octanol–water partition coefficient (Wildman–Crippen LogP) is 8.62. The monoisotopic (exact) mass is 605 g/mol. The Morgan fingerprint density at radius 1 is 1.03 bits per heavy atom. The van der Waals surface area contributed by atoms with Crippen LogP contribution in [0.5, 0.6) is 0 Å². The zero-order valence-electron chi connectivity index (χ0n) is 19.2. The Labute approximate surface area is 228 Å². The van der Waals surface area contributed by atoms with Crippen molar-refractivity contribution in [2.45, 2.75) is 36.5 Å². The molecule has 0 aromatic heterocycles. The molecule has 2 aromatic carbocycles. The van der Waals surface area contributed by atoms with Crippen molar-refractivity contribution in [2.75, 3.05) is 12.8 Å². The lowest BCUT2D eigenvalue weighted by Gasteiger charge is -2.18. The first-order chi connectivity index (χ1) is 17.0. The summed E-state index contributed by atoms with van der Waals surface area (Å²) in [5.41, 5.74) is 0.346. The summed E-state index contributed by atoms with van der Waals surface area (Å²) in [7, 11) is 0. The van der Waals surface area contributed by atoms with Gasteiger partial charge in [-0.1, -0.05) is 59.9 Å². The zero-order valence-corrected chi connectivity index (χ0v) is 22.3. The van der Waals surface area contributed by atoms with E-state index in [2.05, 4.69) is 0 Å². The molecule has 0 radical (unpaired) electrons. The van der Waals surface area contributed by atoms with Gasteiger partial charge in [0.1, 0.15) is 6.54 Å². The van der Waals surface area contributed by atoms with Crippen molar-refractivity contribution in [1.29, 1.82) is 0 Å². The largest absolute Gasteiger partial charge is 0.405 e. The average molecular weight is 607 g/mol. The fraction of sp³-hybridized carbons (Fsp3) is 0.333. The third-order valence-corrected chi connectivity index (χ3v) is 7.10. The molecule has 0 aliphatic heterocycles. The zero-order chi connectivity index (χ0) is 28.1. The molecule has 2 atom stereocenters. The molecule has 0 aliphatic carbocycles. The second-order valence-corrected chi connectivity index (χ2v) is 10.0. The van der Waals surface area contributed by atoms with E-state index >= 15 is 0 Å². The van der Waals surface area contributed by atoms with Crippen molar-refractivity contribution >= 4 is 64.3 Å². The van der Waals surface area contributed by atoms with Gasteiger partial charge in [0.05, 0.1) is 21.0 Å². The topological polar surface area (TPSA) is 46.2 Å². The van der Waals surface area contributed by atoms with Gasteiger partial charge in [-0.05, 0) is 41.6 Å². The summed E-state index contributed by atoms with van der Waals surface area (Å²) >= 11 is 18.8. The van der Waals surface area contributed by atoms with Crippen molar-refractivity contribution in [1.82, 2.24) is 5.32 Å². The van der Waals surface area contributed by atoms with E-state index in [1.807, 2.05) is 0 Å². The van der Waals surface area contributed by atoms with Crippen LogP contribution in [0, 0.1) is 5.92 Å². The second kappa shape index (κ2) is 12.8. The fourth-order valence-corrected chi connectivity index (χ4v) is 4.52. The smallest absolute Gasteiger partial charge is 0.347 e. The van der Waals surface area contributed by atoms with Gasteiger partial charge in [0.15, 0.2) is 5.78 Å². The molecule has 37 heavy (non-hydrogen) atoms. The maximum Gasteiger partial charge on any atom is 0.405 e. The number of hydrogen-bond donors (Lipinski definition) is 1. The molecular weight excluding hydrogens is 587 g/mol. The van der Waals surface area contributed by atoms with E-state index < -0.39 is 42.4 Å². The number of rotatable bonds is 9. The summed E-state index contributed by atoms with van der Waals surface area (Å²) in [6.45, 7) is -0.180. The van der Waals surface area contributed by atoms with E-state index in [1.54, 1.807) is 11.6 Å². The summed E-state index contributed by atoms with van der Waals surface area (Å²) in [6, 6.07) is 6.48. The summed E-state index contributed by atoms with van der Waals surface area (Å²) in [6.07, 6.45) is -5.79. The lowest BCUT2D eigenvalue weighted by molar-refractivity contribution is -0.140. The molecule has 0 fully saturated rings. The molecule has 0 saturated heterocycles. The molecule has 2 rings (SSSR count). The van der Waals surface area contributed by atoms with Gasteiger partial charge in [0.25, 0.3) is 0 Å². The minimum Gasteiger partial charge on any atom is -0.347 e. The number of carbonyl (C=O) groups is 2. The molecule has 0 aliphatic rings. The van der Waals surface area contributed by atoms with Gasteiger partial charge in [-0.2, -0.15) is 26.3 Å². The average Bonchev–Trinajstić information content (AvgIpc) is 2.79. The third kappa shape index (κ3) is 9.12. The maximum atomic E-state index is 13.8. The van der Waals surface area contributed by atoms with Crippen LogP contribution in [0.3, 0.4) is 0 Å². The molecular formula is C24H20Cl3F6NO2S. The summed E-state index contributed by atoms with van der Waals surface area (Å²) in [4.78, 5) is 25.0. The summed E-state index contributed by atoms with van der Waals surface area (Å²) < 4.78 is 78.2. The number of amides is 1.